The third kappa shape index (κ3) is 5.08. The summed E-state index contributed by atoms with van der Waals surface area (Å²) in [5.41, 5.74) is 3.69. The summed E-state index contributed by atoms with van der Waals surface area (Å²) in [5, 5.41) is 2.68. The molecule has 2 heterocycles. The number of fused-ring (bicyclic) bond motifs is 1. The van der Waals surface area contributed by atoms with Crippen LogP contribution in [0.1, 0.15) is 29.5 Å². The zero-order valence-corrected chi connectivity index (χ0v) is 14.6. The molecule has 0 unspecified atom stereocenters. The van der Waals surface area contributed by atoms with Crippen LogP contribution in [0.25, 0.3) is 0 Å². The summed E-state index contributed by atoms with van der Waals surface area (Å²) in [6.45, 7) is 2.54. The SMILES string of the molecule is O=C(CCC(F)F)Nc1ncccc1CN1CCc2ccccc2CC1. The molecule has 4 nitrogen and oxygen atoms in total. The second-order valence-electron chi connectivity index (χ2n) is 6.53. The summed E-state index contributed by atoms with van der Waals surface area (Å²) in [6, 6.07) is 12.3. The minimum atomic E-state index is -2.47. The number of anilines is 1. The van der Waals surface area contributed by atoms with Gasteiger partial charge in [0.05, 0.1) is 0 Å². The van der Waals surface area contributed by atoms with Gasteiger partial charge in [0.1, 0.15) is 5.82 Å². The van der Waals surface area contributed by atoms with Gasteiger partial charge in [0.2, 0.25) is 12.3 Å². The maximum absolute atomic E-state index is 12.3. The molecule has 1 aromatic heterocycles. The minimum absolute atomic E-state index is 0.202. The van der Waals surface area contributed by atoms with Crippen LogP contribution < -0.4 is 5.32 Å². The first-order valence-corrected chi connectivity index (χ1v) is 8.93. The number of carbonyl (C=O) groups excluding carboxylic acids is 1. The average molecular weight is 359 g/mol. The highest BCUT2D eigenvalue weighted by Gasteiger charge is 2.16. The number of pyridine rings is 1. The molecule has 0 aliphatic carbocycles. The van der Waals surface area contributed by atoms with Gasteiger partial charge in [-0.15, -0.1) is 0 Å². The number of alkyl halides is 2. The average Bonchev–Trinajstić information content (AvgIpc) is 2.84. The van der Waals surface area contributed by atoms with E-state index in [1.807, 2.05) is 12.1 Å². The van der Waals surface area contributed by atoms with E-state index in [4.69, 9.17) is 0 Å². The second-order valence-corrected chi connectivity index (χ2v) is 6.53. The highest BCUT2D eigenvalue weighted by molar-refractivity contribution is 5.90. The minimum Gasteiger partial charge on any atom is -0.310 e. The number of aromatic nitrogens is 1. The highest BCUT2D eigenvalue weighted by Crippen LogP contribution is 2.20. The van der Waals surface area contributed by atoms with Crippen LogP contribution in [0.5, 0.6) is 0 Å². The summed E-state index contributed by atoms with van der Waals surface area (Å²) in [7, 11) is 0. The summed E-state index contributed by atoms with van der Waals surface area (Å²) >= 11 is 0. The largest absolute Gasteiger partial charge is 0.310 e. The Morgan fingerprint density at radius 3 is 2.46 bits per heavy atom. The van der Waals surface area contributed by atoms with Gasteiger partial charge in [-0.2, -0.15) is 0 Å². The molecule has 2 aromatic rings. The number of halogens is 2. The van der Waals surface area contributed by atoms with Crippen molar-refractivity contribution in [3.63, 3.8) is 0 Å². The van der Waals surface area contributed by atoms with Gasteiger partial charge >= 0.3 is 0 Å². The zero-order chi connectivity index (χ0) is 18.4. The molecule has 1 aromatic carbocycles. The van der Waals surface area contributed by atoms with Crippen LogP contribution in [0.3, 0.4) is 0 Å². The van der Waals surface area contributed by atoms with Crippen LogP contribution in [-0.4, -0.2) is 35.3 Å². The Balaban J connectivity index is 1.62. The monoisotopic (exact) mass is 359 g/mol. The number of rotatable bonds is 6. The van der Waals surface area contributed by atoms with E-state index >= 15 is 0 Å². The molecule has 26 heavy (non-hydrogen) atoms. The molecule has 0 saturated heterocycles. The predicted molar refractivity (Wildman–Crippen MR) is 97.2 cm³/mol. The third-order valence-electron chi connectivity index (χ3n) is 4.65. The van der Waals surface area contributed by atoms with Crippen molar-refractivity contribution in [1.29, 1.82) is 0 Å². The Morgan fingerprint density at radius 2 is 1.81 bits per heavy atom. The number of carbonyl (C=O) groups is 1. The first-order chi connectivity index (χ1) is 12.6. The summed E-state index contributed by atoms with van der Waals surface area (Å²) in [6.07, 6.45) is 0.483. The Labute approximate surface area is 152 Å². The smallest absolute Gasteiger partial charge is 0.239 e. The number of nitrogens with one attached hydrogen (secondary N) is 1. The lowest BCUT2D eigenvalue weighted by molar-refractivity contribution is -0.116. The predicted octanol–water partition coefficient (Wildman–Crippen LogP) is 3.67. The van der Waals surface area contributed by atoms with Crippen molar-refractivity contribution in [2.45, 2.75) is 38.7 Å². The molecule has 0 spiro atoms. The number of benzene rings is 1. The number of nitrogens with zero attached hydrogens (tertiary/aromatic N) is 2. The molecular formula is C20H23F2N3O. The van der Waals surface area contributed by atoms with Crippen molar-refractivity contribution in [3.05, 3.63) is 59.3 Å². The van der Waals surface area contributed by atoms with Gasteiger partial charge < -0.3 is 5.32 Å². The van der Waals surface area contributed by atoms with E-state index in [1.54, 1.807) is 6.20 Å². The van der Waals surface area contributed by atoms with E-state index in [2.05, 4.69) is 39.5 Å². The normalized spacial score (nSPS) is 14.7. The fraction of sp³-hybridized carbons (Fsp3) is 0.400. The van der Waals surface area contributed by atoms with Crippen LogP contribution in [0.4, 0.5) is 14.6 Å². The molecule has 138 valence electrons. The Hall–Kier alpha value is -2.34. The molecule has 1 N–H and O–H groups in total. The molecule has 1 amide bonds. The quantitative estimate of drug-likeness (QED) is 0.856. The van der Waals surface area contributed by atoms with Crippen LogP contribution in [0, 0.1) is 0 Å². The number of amides is 1. The van der Waals surface area contributed by atoms with Crippen LogP contribution in [0.15, 0.2) is 42.6 Å². The van der Waals surface area contributed by atoms with E-state index in [0.717, 1.165) is 31.5 Å². The fourth-order valence-corrected chi connectivity index (χ4v) is 3.23. The second kappa shape index (κ2) is 8.85. The van der Waals surface area contributed by atoms with Crippen molar-refractivity contribution in [2.75, 3.05) is 18.4 Å². The lowest BCUT2D eigenvalue weighted by Gasteiger charge is -2.21. The molecule has 6 heteroatoms. The van der Waals surface area contributed by atoms with E-state index in [9.17, 15) is 13.6 Å². The topological polar surface area (TPSA) is 45.2 Å². The van der Waals surface area contributed by atoms with E-state index in [-0.39, 0.29) is 6.42 Å². The Bertz CT molecular complexity index is 724. The molecule has 1 aliphatic rings. The van der Waals surface area contributed by atoms with Crippen molar-refractivity contribution < 1.29 is 13.6 Å². The van der Waals surface area contributed by atoms with Gasteiger partial charge in [0, 0.05) is 44.2 Å². The molecule has 0 radical (unpaired) electrons. The van der Waals surface area contributed by atoms with E-state index < -0.39 is 18.8 Å². The lowest BCUT2D eigenvalue weighted by atomic mass is 10.0. The van der Waals surface area contributed by atoms with Crippen molar-refractivity contribution in [1.82, 2.24) is 9.88 Å². The molecular weight excluding hydrogens is 336 g/mol. The van der Waals surface area contributed by atoms with E-state index in [1.165, 1.54) is 11.1 Å². The van der Waals surface area contributed by atoms with Gasteiger partial charge in [0.25, 0.3) is 0 Å². The van der Waals surface area contributed by atoms with Gasteiger partial charge in [-0.05, 0) is 30.0 Å². The molecule has 0 atom stereocenters. The number of hydrogen-bond donors (Lipinski definition) is 1. The fourth-order valence-electron chi connectivity index (χ4n) is 3.23. The summed E-state index contributed by atoms with van der Waals surface area (Å²) in [4.78, 5) is 18.4. The zero-order valence-electron chi connectivity index (χ0n) is 14.6. The van der Waals surface area contributed by atoms with E-state index in [0.29, 0.717) is 12.4 Å². The molecule has 3 rings (SSSR count). The van der Waals surface area contributed by atoms with Crippen LogP contribution in [-0.2, 0) is 24.2 Å². The number of hydrogen-bond acceptors (Lipinski definition) is 3. The first-order valence-electron chi connectivity index (χ1n) is 8.93. The van der Waals surface area contributed by atoms with Crippen molar-refractivity contribution in [2.24, 2.45) is 0 Å². The molecule has 1 aliphatic heterocycles. The van der Waals surface area contributed by atoms with Crippen molar-refractivity contribution >= 4 is 11.7 Å². The standard InChI is InChI=1S/C20H23F2N3O/c21-18(22)7-8-19(26)24-20-17(6-3-11-23-20)14-25-12-9-15-4-1-2-5-16(15)10-13-25/h1-6,11,18H,7-10,12-14H2,(H,23,24,26). The van der Waals surface area contributed by atoms with Crippen molar-refractivity contribution in [3.8, 4) is 0 Å². The maximum atomic E-state index is 12.3. The van der Waals surface area contributed by atoms with Crippen LogP contribution in [0.2, 0.25) is 0 Å². The van der Waals surface area contributed by atoms with Gasteiger partial charge in [0.15, 0.2) is 0 Å². The highest BCUT2D eigenvalue weighted by atomic mass is 19.3. The maximum Gasteiger partial charge on any atom is 0.239 e. The van der Waals surface area contributed by atoms with Gasteiger partial charge in [-0.1, -0.05) is 30.3 Å². The lowest BCUT2D eigenvalue weighted by Crippen LogP contribution is -2.27. The van der Waals surface area contributed by atoms with Crippen LogP contribution >= 0.6 is 0 Å². The van der Waals surface area contributed by atoms with Gasteiger partial charge in [-0.3, -0.25) is 9.69 Å². The third-order valence-corrected chi connectivity index (χ3v) is 4.65. The Kier molecular flexibility index (Phi) is 6.28. The molecule has 0 fully saturated rings. The summed E-state index contributed by atoms with van der Waals surface area (Å²) < 4.78 is 24.5. The molecule has 0 saturated carbocycles. The first kappa shape index (κ1) is 18.5. The molecule has 0 bridgehead atoms. The Morgan fingerprint density at radius 1 is 1.12 bits per heavy atom. The van der Waals surface area contributed by atoms with Gasteiger partial charge in [-0.25, -0.2) is 13.8 Å². The summed E-state index contributed by atoms with van der Waals surface area (Å²) in [5.74, 6) is 0.0436.